The highest BCUT2D eigenvalue weighted by molar-refractivity contribution is 6.21. The van der Waals surface area contributed by atoms with Crippen molar-refractivity contribution in [2.45, 2.75) is 44.9 Å². The van der Waals surface area contributed by atoms with Gasteiger partial charge in [-0.3, -0.25) is 0 Å². The molecule has 0 spiro atoms. The number of furan rings is 1. The molecule has 0 saturated heterocycles. The number of fused-ring (bicyclic) bond motifs is 10. The Morgan fingerprint density at radius 2 is 1.32 bits per heavy atom. The first-order valence-electron chi connectivity index (χ1n) is 20.8. The predicted octanol–water partition coefficient (Wildman–Crippen LogP) is 15.0. The Hall–Kier alpha value is -7.04. The van der Waals surface area contributed by atoms with Crippen LogP contribution < -0.4 is 0 Å². The van der Waals surface area contributed by atoms with Gasteiger partial charge in [-0.25, -0.2) is 9.97 Å². The molecule has 0 saturated carbocycles. The number of nitrogens with zero attached hydrogens (tertiary/aromatic N) is 3. The second kappa shape index (κ2) is 12.7. The normalized spacial score (nSPS) is 15.2. The van der Waals surface area contributed by atoms with Gasteiger partial charge >= 0.3 is 0 Å². The van der Waals surface area contributed by atoms with Crippen LogP contribution in [0.4, 0.5) is 0 Å². The maximum Gasteiger partial charge on any atom is 0.180 e. The molecule has 0 N–H and O–H groups in total. The predicted molar refractivity (Wildman–Crippen MR) is 246 cm³/mol. The molecule has 8 aromatic carbocycles. The third-order valence-electron chi connectivity index (χ3n) is 13.1. The van der Waals surface area contributed by atoms with Gasteiger partial charge in [-0.15, -0.1) is 0 Å². The summed E-state index contributed by atoms with van der Waals surface area (Å²) in [5.74, 6) is 1.21. The Labute approximate surface area is 342 Å². The minimum Gasteiger partial charge on any atom is -0.452 e. The summed E-state index contributed by atoms with van der Waals surface area (Å²) >= 11 is 0. The van der Waals surface area contributed by atoms with Crippen molar-refractivity contribution in [3.8, 4) is 39.5 Å². The summed E-state index contributed by atoms with van der Waals surface area (Å²) < 4.78 is 8.99. The zero-order valence-corrected chi connectivity index (χ0v) is 33.3. The van der Waals surface area contributed by atoms with Crippen LogP contribution in [0, 0.1) is 0 Å². The lowest BCUT2D eigenvalue weighted by molar-refractivity contribution is 0.403. The first-order valence-corrected chi connectivity index (χ1v) is 20.8. The topological polar surface area (TPSA) is 43.9 Å². The van der Waals surface area contributed by atoms with Crippen molar-refractivity contribution in [2.75, 3.05) is 0 Å². The van der Waals surface area contributed by atoms with Crippen molar-refractivity contribution in [3.05, 3.63) is 175 Å². The van der Waals surface area contributed by atoms with Gasteiger partial charge in [0.15, 0.2) is 11.4 Å². The van der Waals surface area contributed by atoms with E-state index in [2.05, 4.69) is 165 Å². The zero-order chi connectivity index (χ0) is 39.4. The summed E-state index contributed by atoms with van der Waals surface area (Å²) in [4.78, 5) is 10.5. The van der Waals surface area contributed by atoms with E-state index in [0.29, 0.717) is 17.3 Å². The minimum absolute atomic E-state index is 0.123. The van der Waals surface area contributed by atoms with Crippen molar-refractivity contribution < 1.29 is 4.42 Å². The molecule has 0 bridgehead atoms. The Morgan fingerprint density at radius 1 is 0.576 bits per heavy atom. The molecular weight excluding hydrogens is 719 g/mol. The van der Waals surface area contributed by atoms with Crippen molar-refractivity contribution >= 4 is 65.4 Å². The molecule has 11 aromatic rings. The van der Waals surface area contributed by atoms with Crippen molar-refractivity contribution in [2.24, 2.45) is 0 Å². The number of rotatable bonds is 4. The van der Waals surface area contributed by atoms with Gasteiger partial charge in [0.1, 0.15) is 16.8 Å². The molecule has 0 aliphatic heterocycles. The Kier molecular flexibility index (Phi) is 7.34. The van der Waals surface area contributed by atoms with E-state index < -0.39 is 0 Å². The average molecular weight is 760 g/mol. The molecule has 4 heteroatoms. The number of hydrogen-bond donors (Lipinski definition) is 0. The van der Waals surface area contributed by atoms with Gasteiger partial charge in [0.05, 0.1) is 11.0 Å². The second-order valence-electron chi connectivity index (χ2n) is 17.2. The summed E-state index contributed by atoms with van der Waals surface area (Å²) in [6, 6.07) is 59.1. The van der Waals surface area contributed by atoms with Crippen LogP contribution in [0.2, 0.25) is 0 Å². The van der Waals surface area contributed by atoms with E-state index in [-0.39, 0.29) is 5.41 Å². The number of aromatic nitrogens is 3. The molecular formula is C55H41N3O. The minimum atomic E-state index is 0.123. The molecule has 1 aliphatic carbocycles. The van der Waals surface area contributed by atoms with Crippen LogP contribution in [0.25, 0.3) is 105 Å². The molecule has 1 atom stereocenters. The highest BCUT2D eigenvalue weighted by Crippen LogP contribution is 2.47. The summed E-state index contributed by atoms with van der Waals surface area (Å²) in [6.07, 6.45) is 2.42. The van der Waals surface area contributed by atoms with Crippen LogP contribution in [0.5, 0.6) is 0 Å². The van der Waals surface area contributed by atoms with Crippen LogP contribution in [0.1, 0.15) is 50.7 Å². The second-order valence-corrected chi connectivity index (χ2v) is 17.2. The summed E-state index contributed by atoms with van der Waals surface area (Å²) in [6.45, 7) is 7.24. The lowest BCUT2D eigenvalue weighted by Crippen LogP contribution is -2.25. The van der Waals surface area contributed by atoms with Gasteiger partial charge in [0, 0.05) is 33.0 Å². The van der Waals surface area contributed by atoms with Gasteiger partial charge in [0.25, 0.3) is 0 Å². The highest BCUT2D eigenvalue weighted by Gasteiger charge is 2.32. The first-order chi connectivity index (χ1) is 28.9. The molecule has 3 aromatic heterocycles. The third kappa shape index (κ3) is 5.29. The molecule has 59 heavy (non-hydrogen) atoms. The summed E-state index contributed by atoms with van der Waals surface area (Å²) in [7, 11) is 0. The molecule has 282 valence electrons. The van der Waals surface area contributed by atoms with Crippen LogP contribution >= 0.6 is 0 Å². The number of benzene rings is 8. The number of hydrogen-bond acceptors (Lipinski definition) is 3. The molecule has 0 amide bonds. The van der Waals surface area contributed by atoms with Crippen molar-refractivity contribution in [1.82, 2.24) is 14.5 Å². The molecule has 4 nitrogen and oxygen atoms in total. The molecule has 0 fully saturated rings. The fraction of sp³-hybridized carbons (Fsp3) is 0.127. The molecule has 12 rings (SSSR count). The quantitative estimate of drug-likeness (QED) is 0.179. The highest BCUT2D eigenvalue weighted by atomic mass is 16.3. The Morgan fingerprint density at radius 3 is 2.22 bits per heavy atom. The van der Waals surface area contributed by atoms with E-state index in [9.17, 15) is 0 Å². The van der Waals surface area contributed by atoms with Crippen LogP contribution in [-0.4, -0.2) is 14.5 Å². The molecule has 1 aliphatic rings. The lowest BCUT2D eigenvalue weighted by Gasteiger charge is -2.36. The van der Waals surface area contributed by atoms with E-state index in [1.807, 2.05) is 24.3 Å². The fourth-order valence-electron chi connectivity index (χ4n) is 9.89. The van der Waals surface area contributed by atoms with Gasteiger partial charge in [-0.05, 0) is 123 Å². The molecule has 1 unspecified atom stereocenters. The average Bonchev–Trinajstić information content (AvgIpc) is 3.83. The van der Waals surface area contributed by atoms with Crippen LogP contribution in [0.15, 0.2) is 168 Å². The maximum atomic E-state index is 6.50. The third-order valence-corrected chi connectivity index (χ3v) is 13.1. The maximum absolute atomic E-state index is 6.50. The van der Waals surface area contributed by atoms with Gasteiger partial charge in [0.2, 0.25) is 0 Å². The molecule has 3 heterocycles. The van der Waals surface area contributed by atoms with Crippen LogP contribution in [-0.2, 0) is 5.41 Å². The number of para-hydroxylation sites is 1. The lowest BCUT2D eigenvalue weighted by atomic mass is 9.69. The van der Waals surface area contributed by atoms with Crippen molar-refractivity contribution in [3.63, 3.8) is 0 Å². The molecule has 0 radical (unpaired) electrons. The van der Waals surface area contributed by atoms with E-state index in [0.717, 1.165) is 55.5 Å². The Balaban J connectivity index is 1.03. The van der Waals surface area contributed by atoms with Crippen LogP contribution in [0.3, 0.4) is 0 Å². The standard InChI is InChI=1S/C55H41N3O/c1-33-26-27-55(2,3)46-32-48-45(31-44(33)46)50-42-17-8-7-14-35(42)23-25-47(50)58(48)41-24-22-37-29-40(21-20-38(37)30-41)54-56-51(53-52(57-54)43-18-9-10-19-49(43)59-53)39-16-11-15-36(28-39)34-12-5-4-6-13-34/h4-25,28-33H,26-27H2,1-3H3. The van der Waals surface area contributed by atoms with Gasteiger partial charge < -0.3 is 8.98 Å². The fourth-order valence-corrected chi connectivity index (χ4v) is 9.89. The summed E-state index contributed by atoms with van der Waals surface area (Å²) in [5.41, 5.74) is 14.1. The van der Waals surface area contributed by atoms with E-state index in [1.54, 1.807) is 0 Å². The smallest absolute Gasteiger partial charge is 0.180 e. The van der Waals surface area contributed by atoms with Crippen molar-refractivity contribution in [1.29, 1.82) is 0 Å². The van der Waals surface area contributed by atoms with Gasteiger partial charge in [-0.1, -0.05) is 130 Å². The zero-order valence-electron chi connectivity index (χ0n) is 33.3. The monoisotopic (exact) mass is 759 g/mol. The largest absolute Gasteiger partial charge is 0.452 e. The van der Waals surface area contributed by atoms with Gasteiger partial charge in [-0.2, -0.15) is 0 Å². The van der Waals surface area contributed by atoms with E-state index >= 15 is 0 Å². The Bertz CT molecular complexity index is 3500. The first kappa shape index (κ1) is 34.0. The summed E-state index contributed by atoms with van der Waals surface area (Å²) in [5, 5.41) is 8.52. The SMILES string of the molecule is CC1CCC(C)(C)c2cc3c(cc21)c1c2ccccc2ccc1n3-c1ccc2cc(-c3nc(-c4cccc(-c5ccccc5)c4)c4oc5ccccc5c4n3)ccc2c1. The van der Waals surface area contributed by atoms with E-state index in [4.69, 9.17) is 14.4 Å². The van der Waals surface area contributed by atoms with E-state index in [1.165, 1.54) is 61.9 Å².